The van der Waals surface area contributed by atoms with Gasteiger partial charge in [0.2, 0.25) is 0 Å². The maximum Gasteiger partial charge on any atom is 0.106 e. The number of nitrogens with zero attached hydrogens (tertiary/aromatic N) is 4. The molecule has 160 valence electrons. The van der Waals surface area contributed by atoms with Gasteiger partial charge in [-0.15, -0.1) is 0 Å². The number of benzene rings is 1. The Kier molecular flexibility index (Phi) is 6.85. The lowest BCUT2D eigenvalue weighted by molar-refractivity contribution is 0.186. The summed E-state index contributed by atoms with van der Waals surface area (Å²) in [6, 6.07) is 11.2. The van der Waals surface area contributed by atoms with Crippen LogP contribution in [0.5, 0.6) is 0 Å². The second-order valence-corrected chi connectivity index (χ2v) is 7.42. The van der Waals surface area contributed by atoms with Crippen LogP contribution in [0.15, 0.2) is 54.8 Å². The Morgan fingerprint density at radius 2 is 2.16 bits per heavy atom. The van der Waals surface area contributed by atoms with E-state index < -0.39 is 12.7 Å². The Morgan fingerprint density at radius 1 is 1.39 bits per heavy atom. The molecular formula is C24H26FN5O. The highest BCUT2D eigenvalue weighted by molar-refractivity contribution is 5.97. The number of pyridine rings is 1. The van der Waals surface area contributed by atoms with Crippen molar-refractivity contribution in [3.63, 3.8) is 0 Å². The smallest absolute Gasteiger partial charge is 0.106 e. The number of hydrogen-bond acceptors (Lipinski definition) is 5. The van der Waals surface area contributed by atoms with Crippen LogP contribution in [0.3, 0.4) is 0 Å². The van der Waals surface area contributed by atoms with E-state index in [1.54, 1.807) is 19.1 Å². The van der Waals surface area contributed by atoms with E-state index in [0.717, 1.165) is 27.3 Å². The minimum absolute atomic E-state index is 0.363. The van der Waals surface area contributed by atoms with E-state index in [4.69, 9.17) is 0 Å². The molecule has 1 atom stereocenters. The summed E-state index contributed by atoms with van der Waals surface area (Å²) >= 11 is 0. The normalized spacial score (nSPS) is 13.0. The molecule has 2 heterocycles. The van der Waals surface area contributed by atoms with Crippen molar-refractivity contribution < 1.29 is 9.60 Å². The van der Waals surface area contributed by atoms with E-state index >= 15 is 0 Å². The molecule has 2 aromatic heterocycles. The van der Waals surface area contributed by atoms with Gasteiger partial charge in [0, 0.05) is 11.1 Å². The molecule has 3 rings (SSSR count). The third-order valence-electron chi connectivity index (χ3n) is 4.93. The molecule has 0 fully saturated rings. The lowest BCUT2D eigenvalue weighted by atomic mass is 10.1. The van der Waals surface area contributed by atoms with E-state index in [2.05, 4.69) is 22.5 Å². The van der Waals surface area contributed by atoms with E-state index in [0.29, 0.717) is 22.6 Å². The molecule has 2 N–H and O–H groups in total. The number of anilines is 1. The van der Waals surface area contributed by atoms with Gasteiger partial charge >= 0.3 is 0 Å². The van der Waals surface area contributed by atoms with Gasteiger partial charge in [-0.25, -0.2) is 9.82 Å². The second kappa shape index (κ2) is 9.56. The van der Waals surface area contributed by atoms with Crippen LogP contribution < -0.4 is 10.6 Å². The molecule has 0 bridgehead atoms. The summed E-state index contributed by atoms with van der Waals surface area (Å²) in [5, 5.41) is 21.7. The number of alkyl halides is 1. The van der Waals surface area contributed by atoms with Gasteiger partial charge in [-0.3, -0.25) is 10.2 Å². The van der Waals surface area contributed by atoms with Crippen molar-refractivity contribution in [3.8, 4) is 17.5 Å². The standard InChI is InChI=1S/C24H26FN5O/c1-5-6-7-18(4)29-23-12-16(2)8-10-20(23)21(14-26)24(29)22-11-9-19(15-27-22)30(31)28-17(3)13-25/h5-12,15,17,28,31H,13H2,1-4H3/b6-5-,18-7+. The molecule has 6 nitrogen and oxygen atoms in total. The van der Waals surface area contributed by atoms with E-state index in [9.17, 15) is 14.9 Å². The van der Waals surface area contributed by atoms with Crippen LogP contribution in [0.1, 0.15) is 31.9 Å². The molecule has 7 heteroatoms. The summed E-state index contributed by atoms with van der Waals surface area (Å²) < 4.78 is 14.7. The maximum absolute atomic E-state index is 12.7. The number of nitrogens with one attached hydrogen (secondary N) is 1. The number of allylic oxidation sites excluding steroid dienone is 4. The zero-order valence-corrected chi connectivity index (χ0v) is 18.1. The predicted octanol–water partition coefficient (Wildman–Crippen LogP) is 5.38. The minimum Gasteiger partial charge on any atom is -0.311 e. The number of nitriles is 1. The molecule has 31 heavy (non-hydrogen) atoms. The van der Waals surface area contributed by atoms with Gasteiger partial charge in [0.25, 0.3) is 0 Å². The Bertz CT molecular complexity index is 1170. The second-order valence-electron chi connectivity index (χ2n) is 7.42. The van der Waals surface area contributed by atoms with Gasteiger partial charge in [-0.1, -0.05) is 24.3 Å². The molecule has 0 aliphatic rings. The zero-order chi connectivity index (χ0) is 22.5. The SMILES string of the molecule is C/C=C\C=C(/C)n1c(-c2ccc(N(O)NC(C)CF)cn2)c(C#N)c2ccc(C)cc21. The number of aromatic nitrogens is 2. The Morgan fingerprint density at radius 3 is 2.77 bits per heavy atom. The van der Waals surface area contributed by atoms with Crippen LogP contribution in [0.25, 0.3) is 28.0 Å². The van der Waals surface area contributed by atoms with Crippen LogP contribution in [-0.2, 0) is 0 Å². The zero-order valence-electron chi connectivity index (χ0n) is 18.1. The van der Waals surface area contributed by atoms with E-state index in [-0.39, 0.29) is 0 Å². The molecule has 0 radical (unpaired) electrons. The highest BCUT2D eigenvalue weighted by Crippen LogP contribution is 2.36. The molecule has 0 spiro atoms. The molecule has 0 aliphatic heterocycles. The van der Waals surface area contributed by atoms with Crippen molar-refractivity contribution in [2.24, 2.45) is 0 Å². The molecule has 1 aromatic carbocycles. The van der Waals surface area contributed by atoms with Gasteiger partial charge in [-0.05, 0) is 57.5 Å². The van der Waals surface area contributed by atoms with E-state index in [1.165, 1.54) is 6.20 Å². The predicted molar refractivity (Wildman–Crippen MR) is 122 cm³/mol. The van der Waals surface area contributed by atoms with Crippen molar-refractivity contribution >= 4 is 22.3 Å². The van der Waals surface area contributed by atoms with Gasteiger partial charge in [0.15, 0.2) is 0 Å². The topological polar surface area (TPSA) is 77.1 Å². The number of halogens is 1. The molecular weight excluding hydrogens is 393 g/mol. The highest BCUT2D eigenvalue weighted by atomic mass is 19.1. The van der Waals surface area contributed by atoms with Crippen molar-refractivity contribution in [1.82, 2.24) is 15.0 Å². The highest BCUT2D eigenvalue weighted by Gasteiger charge is 2.21. The van der Waals surface area contributed by atoms with Gasteiger partial charge in [0.05, 0.1) is 34.7 Å². The fourth-order valence-electron chi connectivity index (χ4n) is 3.40. The first-order valence-electron chi connectivity index (χ1n) is 10.0. The fraction of sp³-hybridized carbons (Fsp3) is 0.250. The summed E-state index contributed by atoms with van der Waals surface area (Å²) in [5.74, 6) is 0. The molecule has 3 aromatic rings. The number of aryl methyl sites for hydroxylation is 1. The van der Waals surface area contributed by atoms with Crippen LogP contribution in [0, 0.1) is 18.3 Å². The molecule has 1 unspecified atom stereocenters. The van der Waals surface area contributed by atoms with Gasteiger partial charge in [0.1, 0.15) is 18.4 Å². The number of fused-ring (bicyclic) bond motifs is 1. The Balaban J connectivity index is 2.18. The largest absolute Gasteiger partial charge is 0.311 e. The fourth-order valence-corrected chi connectivity index (χ4v) is 3.40. The van der Waals surface area contributed by atoms with Crippen LogP contribution in [-0.4, -0.2) is 27.5 Å². The summed E-state index contributed by atoms with van der Waals surface area (Å²) in [5.41, 5.74) is 7.74. The van der Waals surface area contributed by atoms with Crippen molar-refractivity contribution in [1.29, 1.82) is 5.26 Å². The van der Waals surface area contributed by atoms with Crippen LogP contribution >= 0.6 is 0 Å². The Hall–Kier alpha value is -3.47. The van der Waals surface area contributed by atoms with Crippen molar-refractivity contribution in [2.75, 3.05) is 11.8 Å². The maximum atomic E-state index is 12.7. The quantitative estimate of drug-likeness (QED) is 0.397. The Labute approximate surface area is 181 Å². The third kappa shape index (κ3) is 4.50. The van der Waals surface area contributed by atoms with Crippen LogP contribution in [0.2, 0.25) is 0 Å². The van der Waals surface area contributed by atoms with Gasteiger partial charge in [-0.2, -0.15) is 10.4 Å². The lowest BCUT2D eigenvalue weighted by Gasteiger charge is -2.21. The monoisotopic (exact) mass is 419 g/mol. The molecule has 0 amide bonds. The first-order chi connectivity index (χ1) is 14.9. The van der Waals surface area contributed by atoms with Crippen LogP contribution in [0.4, 0.5) is 10.1 Å². The average molecular weight is 420 g/mol. The van der Waals surface area contributed by atoms with Crippen molar-refractivity contribution in [3.05, 3.63) is 65.9 Å². The van der Waals surface area contributed by atoms with Crippen molar-refractivity contribution in [2.45, 2.75) is 33.7 Å². The molecule has 0 saturated carbocycles. The first-order valence-corrected chi connectivity index (χ1v) is 10.0. The van der Waals surface area contributed by atoms with Gasteiger partial charge < -0.3 is 4.57 Å². The summed E-state index contributed by atoms with van der Waals surface area (Å²) in [7, 11) is 0. The number of hydrazine groups is 1. The summed E-state index contributed by atoms with van der Waals surface area (Å²) in [6.45, 7) is 6.94. The number of rotatable bonds is 7. The lowest BCUT2D eigenvalue weighted by Crippen LogP contribution is -2.42. The summed E-state index contributed by atoms with van der Waals surface area (Å²) in [4.78, 5) is 4.50. The average Bonchev–Trinajstić information content (AvgIpc) is 3.10. The molecule has 0 aliphatic carbocycles. The number of hydrogen-bond donors (Lipinski definition) is 2. The minimum atomic E-state index is -0.620. The summed E-state index contributed by atoms with van der Waals surface area (Å²) in [6.07, 6.45) is 7.36. The van der Waals surface area contributed by atoms with E-state index in [1.807, 2.05) is 55.7 Å². The third-order valence-corrected chi connectivity index (χ3v) is 4.93. The molecule has 0 saturated heterocycles. The first kappa shape index (κ1) is 22.2.